The van der Waals surface area contributed by atoms with Gasteiger partial charge in [-0.05, 0) is 36.4 Å². The zero-order valence-electron chi connectivity index (χ0n) is 14.0. The van der Waals surface area contributed by atoms with Gasteiger partial charge in [0.1, 0.15) is 5.82 Å². The summed E-state index contributed by atoms with van der Waals surface area (Å²) in [7, 11) is 0. The minimum Gasteiger partial charge on any atom is -0.341 e. The number of rotatable bonds is 4. The van der Waals surface area contributed by atoms with Crippen LogP contribution < -0.4 is 0 Å². The Morgan fingerprint density at radius 1 is 0.769 bits per heavy atom. The number of para-hydroxylation sites is 5. The minimum absolute atomic E-state index is 0.741. The molecule has 2 heterocycles. The SMILES string of the molecule is c1ccc(-n2c(SCc3nc4ccccc4[nH]3)nc3ccccc32)cc1. The predicted molar refractivity (Wildman–Crippen MR) is 107 cm³/mol. The molecule has 0 aliphatic rings. The summed E-state index contributed by atoms with van der Waals surface area (Å²) in [6.45, 7) is 0. The number of imidazole rings is 2. The van der Waals surface area contributed by atoms with Crippen LogP contribution in [0.3, 0.4) is 0 Å². The molecule has 0 aliphatic carbocycles. The van der Waals surface area contributed by atoms with Crippen LogP contribution in [0.1, 0.15) is 5.82 Å². The van der Waals surface area contributed by atoms with Crippen molar-refractivity contribution < 1.29 is 0 Å². The second kappa shape index (κ2) is 6.35. The molecule has 0 saturated heterocycles. The number of fused-ring (bicyclic) bond motifs is 2. The van der Waals surface area contributed by atoms with Crippen molar-refractivity contribution in [3.8, 4) is 5.69 Å². The summed E-state index contributed by atoms with van der Waals surface area (Å²) in [5.74, 6) is 1.70. The molecule has 0 radical (unpaired) electrons. The molecule has 5 rings (SSSR count). The molecule has 0 spiro atoms. The van der Waals surface area contributed by atoms with E-state index >= 15 is 0 Å². The molecule has 0 atom stereocenters. The highest BCUT2D eigenvalue weighted by Crippen LogP contribution is 2.29. The van der Waals surface area contributed by atoms with Crippen LogP contribution in [0, 0.1) is 0 Å². The first-order valence-corrected chi connectivity index (χ1v) is 9.46. The molecule has 3 aromatic carbocycles. The largest absolute Gasteiger partial charge is 0.341 e. The third kappa shape index (κ3) is 2.66. The minimum atomic E-state index is 0.741. The number of aromatic amines is 1. The maximum absolute atomic E-state index is 4.84. The van der Waals surface area contributed by atoms with Crippen LogP contribution in [-0.2, 0) is 5.75 Å². The van der Waals surface area contributed by atoms with Crippen LogP contribution in [0.25, 0.3) is 27.8 Å². The number of thioether (sulfide) groups is 1. The van der Waals surface area contributed by atoms with Crippen molar-refractivity contribution in [3.05, 3.63) is 84.7 Å². The molecule has 2 aromatic heterocycles. The number of aromatic nitrogens is 4. The van der Waals surface area contributed by atoms with Gasteiger partial charge in [-0.15, -0.1) is 0 Å². The summed E-state index contributed by atoms with van der Waals surface area (Å²) in [5.41, 5.74) is 5.31. The molecule has 126 valence electrons. The van der Waals surface area contributed by atoms with Gasteiger partial charge in [-0.3, -0.25) is 4.57 Å². The van der Waals surface area contributed by atoms with E-state index in [0.29, 0.717) is 0 Å². The van der Waals surface area contributed by atoms with Crippen molar-refractivity contribution >= 4 is 33.8 Å². The molecular formula is C21H16N4S. The fourth-order valence-corrected chi connectivity index (χ4v) is 4.03. The summed E-state index contributed by atoms with van der Waals surface area (Å²) >= 11 is 1.69. The Morgan fingerprint density at radius 3 is 2.35 bits per heavy atom. The second-order valence-corrected chi connectivity index (χ2v) is 6.99. The average molecular weight is 356 g/mol. The van der Waals surface area contributed by atoms with Gasteiger partial charge in [-0.1, -0.05) is 54.2 Å². The number of hydrogen-bond acceptors (Lipinski definition) is 3. The quantitative estimate of drug-likeness (QED) is 0.451. The molecule has 26 heavy (non-hydrogen) atoms. The molecule has 0 saturated carbocycles. The van der Waals surface area contributed by atoms with E-state index in [4.69, 9.17) is 4.98 Å². The van der Waals surface area contributed by atoms with Crippen LogP contribution >= 0.6 is 11.8 Å². The summed E-state index contributed by atoms with van der Waals surface area (Å²) in [5, 5.41) is 0.970. The van der Waals surface area contributed by atoms with E-state index < -0.39 is 0 Å². The summed E-state index contributed by atoms with van der Waals surface area (Å²) in [6, 6.07) is 26.7. The van der Waals surface area contributed by atoms with Gasteiger partial charge >= 0.3 is 0 Å². The standard InChI is InChI=1S/C21H16N4S/c1-2-8-15(9-3-1)25-19-13-7-6-12-18(19)24-21(25)26-14-20-22-16-10-4-5-11-17(16)23-20/h1-13H,14H2,(H,22,23). The summed E-state index contributed by atoms with van der Waals surface area (Å²) in [6.07, 6.45) is 0. The lowest BCUT2D eigenvalue weighted by molar-refractivity contribution is 0.917. The molecule has 0 amide bonds. The first-order valence-electron chi connectivity index (χ1n) is 8.48. The Kier molecular flexibility index (Phi) is 3.72. The molecule has 0 aliphatic heterocycles. The van der Waals surface area contributed by atoms with Gasteiger partial charge in [0, 0.05) is 5.69 Å². The Morgan fingerprint density at radius 2 is 1.50 bits per heavy atom. The molecular weight excluding hydrogens is 340 g/mol. The lowest BCUT2D eigenvalue weighted by atomic mass is 10.3. The zero-order chi connectivity index (χ0) is 17.3. The van der Waals surface area contributed by atoms with Gasteiger partial charge in [0.2, 0.25) is 0 Å². The normalized spacial score (nSPS) is 11.4. The maximum Gasteiger partial charge on any atom is 0.174 e. The first kappa shape index (κ1) is 15.2. The van der Waals surface area contributed by atoms with Crippen molar-refractivity contribution in [2.24, 2.45) is 0 Å². The number of nitrogens with zero attached hydrogens (tertiary/aromatic N) is 3. The fraction of sp³-hybridized carbons (Fsp3) is 0.0476. The van der Waals surface area contributed by atoms with E-state index in [9.17, 15) is 0 Å². The summed E-state index contributed by atoms with van der Waals surface area (Å²) < 4.78 is 2.21. The Hall–Kier alpha value is -3.05. The van der Waals surface area contributed by atoms with E-state index in [1.54, 1.807) is 11.8 Å². The molecule has 5 heteroatoms. The van der Waals surface area contributed by atoms with E-state index in [1.807, 2.05) is 30.3 Å². The number of hydrogen-bond donors (Lipinski definition) is 1. The second-order valence-electron chi connectivity index (χ2n) is 6.04. The van der Waals surface area contributed by atoms with Crippen molar-refractivity contribution in [3.63, 3.8) is 0 Å². The lowest BCUT2D eigenvalue weighted by Crippen LogP contribution is -1.96. The zero-order valence-corrected chi connectivity index (χ0v) is 14.8. The highest BCUT2D eigenvalue weighted by molar-refractivity contribution is 7.98. The van der Waals surface area contributed by atoms with Crippen molar-refractivity contribution in [2.45, 2.75) is 10.9 Å². The van der Waals surface area contributed by atoms with Gasteiger partial charge in [0.05, 0.1) is 27.8 Å². The number of nitrogens with one attached hydrogen (secondary N) is 1. The molecule has 4 nitrogen and oxygen atoms in total. The van der Waals surface area contributed by atoms with E-state index in [2.05, 4.69) is 63.1 Å². The predicted octanol–water partition coefficient (Wildman–Crippen LogP) is 5.19. The Balaban J connectivity index is 1.54. The lowest BCUT2D eigenvalue weighted by Gasteiger charge is -2.08. The Labute approximate surface area is 154 Å². The topological polar surface area (TPSA) is 46.5 Å². The van der Waals surface area contributed by atoms with Crippen molar-refractivity contribution in [2.75, 3.05) is 0 Å². The van der Waals surface area contributed by atoms with Crippen LogP contribution in [0.2, 0.25) is 0 Å². The number of benzene rings is 3. The highest BCUT2D eigenvalue weighted by atomic mass is 32.2. The van der Waals surface area contributed by atoms with E-state index in [1.165, 1.54) is 0 Å². The summed E-state index contributed by atoms with van der Waals surface area (Å²) in [4.78, 5) is 12.9. The molecule has 1 N–H and O–H groups in total. The van der Waals surface area contributed by atoms with Gasteiger partial charge in [0.25, 0.3) is 0 Å². The van der Waals surface area contributed by atoms with Crippen LogP contribution in [0.15, 0.2) is 84.0 Å². The molecule has 5 aromatic rings. The first-order chi connectivity index (χ1) is 12.9. The fourth-order valence-electron chi connectivity index (χ4n) is 3.13. The van der Waals surface area contributed by atoms with Gasteiger partial charge < -0.3 is 4.98 Å². The smallest absolute Gasteiger partial charge is 0.174 e. The van der Waals surface area contributed by atoms with Crippen LogP contribution in [-0.4, -0.2) is 19.5 Å². The van der Waals surface area contributed by atoms with Gasteiger partial charge in [-0.2, -0.15) is 0 Å². The van der Waals surface area contributed by atoms with E-state index in [0.717, 1.165) is 44.5 Å². The Bertz CT molecular complexity index is 1160. The van der Waals surface area contributed by atoms with Gasteiger partial charge in [-0.25, -0.2) is 9.97 Å². The monoisotopic (exact) mass is 356 g/mol. The van der Waals surface area contributed by atoms with Crippen molar-refractivity contribution in [1.29, 1.82) is 0 Å². The molecule has 0 unspecified atom stereocenters. The van der Waals surface area contributed by atoms with E-state index in [-0.39, 0.29) is 0 Å². The average Bonchev–Trinajstić information content (AvgIpc) is 3.27. The van der Waals surface area contributed by atoms with Crippen LogP contribution in [0.5, 0.6) is 0 Å². The maximum atomic E-state index is 4.84. The third-order valence-corrected chi connectivity index (χ3v) is 5.27. The third-order valence-electron chi connectivity index (χ3n) is 4.32. The molecule has 0 bridgehead atoms. The van der Waals surface area contributed by atoms with Gasteiger partial charge in [0.15, 0.2) is 5.16 Å². The number of H-pyrrole nitrogens is 1. The van der Waals surface area contributed by atoms with Crippen LogP contribution in [0.4, 0.5) is 0 Å². The van der Waals surface area contributed by atoms with Crippen molar-refractivity contribution in [1.82, 2.24) is 19.5 Å². The highest BCUT2D eigenvalue weighted by Gasteiger charge is 2.13. The molecule has 0 fully saturated rings.